The molecule has 0 aromatic heterocycles. The van der Waals surface area contributed by atoms with E-state index in [0.29, 0.717) is 13.1 Å². The molecule has 2 aliphatic heterocycles. The van der Waals surface area contributed by atoms with E-state index < -0.39 is 24.3 Å². The standard InChI is InChI=1S/C22H26N4O4/c1-4-23-22(29)26-20-14(2)24(21(28)15(3)25(20)19(27)13-30-26)12-17-10-7-9-16-8-5-6-11-18(16)17/h5-11,14-15,20H,4,12-13H2,1-3H3,(H,23,29)/t14-,15-,20-/m0/s1. The van der Waals surface area contributed by atoms with Crippen LogP contribution in [0.25, 0.3) is 10.8 Å². The van der Waals surface area contributed by atoms with Gasteiger partial charge in [0.25, 0.3) is 5.91 Å². The van der Waals surface area contributed by atoms with Crippen LogP contribution in [0.15, 0.2) is 42.5 Å². The Hall–Kier alpha value is -3.13. The Balaban J connectivity index is 1.70. The largest absolute Gasteiger partial charge is 0.343 e. The van der Waals surface area contributed by atoms with E-state index in [1.165, 1.54) is 9.96 Å². The molecule has 1 N–H and O–H groups in total. The van der Waals surface area contributed by atoms with E-state index in [0.717, 1.165) is 16.3 Å². The van der Waals surface area contributed by atoms with Crippen LogP contribution < -0.4 is 5.32 Å². The molecule has 30 heavy (non-hydrogen) atoms. The van der Waals surface area contributed by atoms with Crippen LogP contribution in [0.3, 0.4) is 0 Å². The van der Waals surface area contributed by atoms with Crippen LogP contribution in [0.2, 0.25) is 0 Å². The number of rotatable bonds is 3. The maximum atomic E-state index is 13.3. The van der Waals surface area contributed by atoms with Gasteiger partial charge in [0.2, 0.25) is 5.91 Å². The summed E-state index contributed by atoms with van der Waals surface area (Å²) in [5, 5.41) is 6.10. The highest BCUT2D eigenvalue weighted by Gasteiger charge is 2.52. The summed E-state index contributed by atoms with van der Waals surface area (Å²) in [4.78, 5) is 47.1. The number of urea groups is 1. The Morgan fingerprint density at radius 1 is 1.13 bits per heavy atom. The van der Waals surface area contributed by atoms with E-state index >= 15 is 0 Å². The number of carbonyl (C=O) groups is 3. The molecule has 2 fully saturated rings. The van der Waals surface area contributed by atoms with Crippen molar-refractivity contribution in [3.05, 3.63) is 48.0 Å². The zero-order valence-electron chi connectivity index (χ0n) is 17.4. The Morgan fingerprint density at radius 2 is 1.87 bits per heavy atom. The second kappa shape index (κ2) is 7.95. The quantitative estimate of drug-likeness (QED) is 0.840. The van der Waals surface area contributed by atoms with E-state index in [1.807, 2.05) is 56.3 Å². The van der Waals surface area contributed by atoms with Gasteiger partial charge in [0.05, 0.1) is 6.04 Å². The summed E-state index contributed by atoms with van der Waals surface area (Å²) < 4.78 is 0. The van der Waals surface area contributed by atoms with Gasteiger partial charge in [0, 0.05) is 13.1 Å². The molecule has 0 spiro atoms. The predicted molar refractivity (Wildman–Crippen MR) is 111 cm³/mol. The number of hydroxylamine groups is 2. The highest BCUT2D eigenvalue weighted by Crippen LogP contribution is 2.31. The minimum Gasteiger partial charge on any atom is -0.336 e. The molecule has 2 aromatic carbocycles. The minimum atomic E-state index is -0.694. The van der Waals surface area contributed by atoms with Gasteiger partial charge in [-0.15, -0.1) is 0 Å². The van der Waals surface area contributed by atoms with Crippen LogP contribution in [0, 0.1) is 0 Å². The van der Waals surface area contributed by atoms with Gasteiger partial charge in [0.15, 0.2) is 12.8 Å². The maximum Gasteiger partial charge on any atom is 0.343 e. The number of amides is 4. The highest BCUT2D eigenvalue weighted by atomic mass is 16.7. The van der Waals surface area contributed by atoms with Crippen molar-refractivity contribution in [1.29, 1.82) is 0 Å². The summed E-state index contributed by atoms with van der Waals surface area (Å²) >= 11 is 0. The number of piperazine rings is 1. The molecule has 0 bridgehead atoms. The van der Waals surface area contributed by atoms with E-state index in [-0.39, 0.29) is 18.4 Å². The SMILES string of the molecule is CCNC(=O)N1OCC(=O)N2[C@@H]1[C@H](C)N(Cc1cccc3ccccc13)C(=O)[C@@H]2C. The zero-order valence-corrected chi connectivity index (χ0v) is 17.4. The normalized spacial score (nSPS) is 24.2. The maximum absolute atomic E-state index is 13.3. The van der Waals surface area contributed by atoms with Crippen molar-refractivity contribution in [2.45, 2.75) is 45.6 Å². The molecule has 0 aliphatic carbocycles. The smallest absolute Gasteiger partial charge is 0.336 e. The molecular formula is C22H26N4O4. The Bertz CT molecular complexity index is 989. The van der Waals surface area contributed by atoms with Gasteiger partial charge in [-0.1, -0.05) is 42.5 Å². The number of benzene rings is 2. The topological polar surface area (TPSA) is 82.2 Å². The van der Waals surface area contributed by atoms with Crippen molar-refractivity contribution in [3.63, 3.8) is 0 Å². The zero-order chi connectivity index (χ0) is 21.4. The molecule has 8 nitrogen and oxygen atoms in total. The first-order valence-electron chi connectivity index (χ1n) is 10.2. The first kappa shape index (κ1) is 20.2. The Kier molecular flexibility index (Phi) is 5.34. The third-order valence-electron chi connectivity index (χ3n) is 5.87. The predicted octanol–water partition coefficient (Wildman–Crippen LogP) is 2.09. The van der Waals surface area contributed by atoms with Crippen LogP contribution in [-0.4, -0.2) is 64.1 Å². The molecule has 0 radical (unpaired) electrons. The van der Waals surface area contributed by atoms with Crippen molar-refractivity contribution < 1.29 is 19.2 Å². The lowest BCUT2D eigenvalue weighted by Crippen LogP contribution is -2.74. The molecule has 158 valence electrons. The van der Waals surface area contributed by atoms with Gasteiger partial charge in [-0.3, -0.25) is 14.4 Å². The summed E-state index contributed by atoms with van der Waals surface area (Å²) in [6.45, 7) is 5.92. The fraction of sp³-hybridized carbons (Fsp3) is 0.409. The van der Waals surface area contributed by atoms with Crippen molar-refractivity contribution in [2.24, 2.45) is 0 Å². The summed E-state index contributed by atoms with van der Waals surface area (Å²) in [6.07, 6.45) is -0.694. The lowest BCUT2D eigenvalue weighted by Gasteiger charge is -2.53. The average molecular weight is 410 g/mol. The van der Waals surface area contributed by atoms with Crippen molar-refractivity contribution >= 4 is 28.6 Å². The van der Waals surface area contributed by atoms with Crippen molar-refractivity contribution in [2.75, 3.05) is 13.2 Å². The van der Waals surface area contributed by atoms with E-state index in [4.69, 9.17) is 4.84 Å². The highest BCUT2D eigenvalue weighted by molar-refractivity contribution is 5.91. The third kappa shape index (κ3) is 3.27. The second-order valence-corrected chi connectivity index (χ2v) is 7.67. The fourth-order valence-corrected chi connectivity index (χ4v) is 4.37. The van der Waals surface area contributed by atoms with Gasteiger partial charge in [-0.25, -0.2) is 4.79 Å². The van der Waals surface area contributed by atoms with E-state index in [1.54, 1.807) is 11.8 Å². The summed E-state index contributed by atoms with van der Waals surface area (Å²) in [7, 11) is 0. The number of hydrogen-bond donors (Lipinski definition) is 1. The van der Waals surface area contributed by atoms with Gasteiger partial charge >= 0.3 is 6.03 Å². The number of nitrogens with one attached hydrogen (secondary N) is 1. The van der Waals surface area contributed by atoms with Crippen LogP contribution in [0.5, 0.6) is 0 Å². The molecule has 3 atom stereocenters. The molecule has 8 heteroatoms. The van der Waals surface area contributed by atoms with Crippen LogP contribution in [-0.2, 0) is 21.0 Å². The van der Waals surface area contributed by atoms with Crippen LogP contribution in [0.1, 0.15) is 26.3 Å². The molecular weight excluding hydrogens is 384 g/mol. The third-order valence-corrected chi connectivity index (χ3v) is 5.87. The van der Waals surface area contributed by atoms with E-state index in [9.17, 15) is 14.4 Å². The molecule has 2 heterocycles. The molecule has 2 saturated heterocycles. The first-order chi connectivity index (χ1) is 14.4. The summed E-state index contributed by atoms with van der Waals surface area (Å²) in [5.41, 5.74) is 1.02. The molecule has 2 aromatic rings. The lowest BCUT2D eigenvalue weighted by molar-refractivity contribution is -0.244. The molecule has 4 rings (SSSR count). The summed E-state index contributed by atoms with van der Waals surface area (Å²) in [6, 6.07) is 12.5. The summed E-state index contributed by atoms with van der Waals surface area (Å²) in [5.74, 6) is -0.434. The van der Waals surface area contributed by atoms with Gasteiger partial charge in [-0.05, 0) is 37.1 Å². The fourth-order valence-electron chi connectivity index (χ4n) is 4.37. The molecule has 2 aliphatic rings. The number of fused-ring (bicyclic) bond motifs is 2. The van der Waals surface area contributed by atoms with E-state index in [2.05, 4.69) is 5.32 Å². The van der Waals surface area contributed by atoms with Crippen molar-refractivity contribution in [3.8, 4) is 0 Å². The second-order valence-electron chi connectivity index (χ2n) is 7.67. The van der Waals surface area contributed by atoms with Crippen LogP contribution in [0.4, 0.5) is 4.79 Å². The average Bonchev–Trinajstić information content (AvgIpc) is 2.75. The minimum absolute atomic E-state index is 0.141. The molecule has 0 unspecified atom stereocenters. The number of hydrogen-bond acceptors (Lipinski definition) is 4. The number of nitrogens with zero attached hydrogens (tertiary/aromatic N) is 3. The van der Waals surface area contributed by atoms with Crippen molar-refractivity contribution in [1.82, 2.24) is 20.2 Å². The lowest BCUT2D eigenvalue weighted by atomic mass is 9.99. The molecule has 4 amide bonds. The monoisotopic (exact) mass is 410 g/mol. The number of carbonyl (C=O) groups excluding carboxylic acids is 3. The molecule has 0 saturated carbocycles. The first-order valence-corrected chi connectivity index (χ1v) is 10.2. The Morgan fingerprint density at radius 3 is 2.63 bits per heavy atom. The Labute approximate surface area is 175 Å². The van der Waals surface area contributed by atoms with Gasteiger partial charge in [-0.2, -0.15) is 5.06 Å². The van der Waals surface area contributed by atoms with Gasteiger partial charge in [0.1, 0.15) is 6.04 Å². The van der Waals surface area contributed by atoms with Gasteiger partial charge < -0.3 is 15.1 Å². The van der Waals surface area contributed by atoms with Crippen LogP contribution >= 0.6 is 0 Å².